The van der Waals surface area contributed by atoms with E-state index in [1.165, 1.54) is 36.6 Å². The van der Waals surface area contributed by atoms with Gasteiger partial charge in [0.25, 0.3) is 17.7 Å². The predicted octanol–water partition coefficient (Wildman–Crippen LogP) is 3.40. The van der Waals surface area contributed by atoms with Gasteiger partial charge in [0, 0.05) is 11.1 Å². The third-order valence-corrected chi connectivity index (χ3v) is 6.81. The fraction of sp³-hybridized carbons (Fsp3) is 0.208. The summed E-state index contributed by atoms with van der Waals surface area (Å²) in [5, 5.41) is 2.60. The summed E-state index contributed by atoms with van der Waals surface area (Å²) >= 11 is 0. The quantitative estimate of drug-likeness (QED) is 0.520. The highest BCUT2D eigenvalue weighted by Gasteiger charge is 2.36. The molecule has 0 radical (unpaired) electrons. The lowest BCUT2D eigenvalue weighted by atomic mass is 10.1. The van der Waals surface area contributed by atoms with Crippen molar-refractivity contribution in [3.05, 3.63) is 83.3 Å². The Labute approximate surface area is 196 Å². The zero-order valence-corrected chi connectivity index (χ0v) is 19.6. The molecule has 1 aromatic heterocycles. The topological polar surface area (TPSA) is 126 Å². The summed E-state index contributed by atoms with van der Waals surface area (Å²) in [6.07, 6.45) is 1.45. The minimum atomic E-state index is -3.91. The minimum absolute atomic E-state index is 0.0209. The van der Waals surface area contributed by atoms with Crippen molar-refractivity contribution in [1.29, 1.82) is 0 Å². The molecule has 0 spiro atoms. The van der Waals surface area contributed by atoms with E-state index >= 15 is 0 Å². The Bertz CT molecular complexity index is 1390. The highest BCUT2D eigenvalue weighted by Crippen LogP contribution is 2.27. The average Bonchev–Trinajstić information content (AvgIpc) is 3.35. The van der Waals surface area contributed by atoms with Gasteiger partial charge >= 0.3 is 0 Å². The number of fused-ring (bicyclic) bond motifs is 1. The molecule has 9 nitrogen and oxygen atoms in total. The van der Waals surface area contributed by atoms with Gasteiger partial charge in [-0.15, -0.1) is 0 Å². The molecule has 0 saturated carbocycles. The maximum absolute atomic E-state index is 13.0. The van der Waals surface area contributed by atoms with Crippen LogP contribution in [0.25, 0.3) is 0 Å². The average molecular weight is 482 g/mol. The maximum atomic E-state index is 13.0. The number of sulfonamides is 1. The second-order valence-electron chi connectivity index (χ2n) is 8.84. The number of carbonyl (C=O) groups excluding carboxylic acids is 3. The first-order chi connectivity index (χ1) is 16.0. The van der Waals surface area contributed by atoms with Gasteiger partial charge in [-0.2, -0.15) is 0 Å². The van der Waals surface area contributed by atoms with Crippen LogP contribution in [-0.2, 0) is 16.6 Å². The standard InChI is InChI=1S/C24H23N3O6S/c1-24(2,3)26-34(31,32)20-9-5-4-8-19(20)25-21(28)15-10-11-17-18(13-15)23(30)27(22(17)29)14-16-7-6-12-33-16/h4-13,26H,14H2,1-3H3,(H,25,28). The van der Waals surface area contributed by atoms with Gasteiger partial charge in [-0.25, -0.2) is 13.1 Å². The van der Waals surface area contributed by atoms with E-state index in [0.717, 1.165) is 4.90 Å². The third-order valence-electron chi connectivity index (χ3n) is 4.99. The van der Waals surface area contributed by atoms with Gasteiger partial charge in [0.15, 0.2) is 0 Å². The number of hydrogen-bond acceptors (Lipinski definition) is 6. The zero-order valence-electron chi connectivity index (χ0n) is 18.8. The molecular formula is C24H23N3O6S. The normalized spacial score (nSPS) is 13.8. The van der Waals surface area contributed by atoms with Gasteiger partial charge in [-0.3, -0.25) is 19.3 Å². The zero-order chi connectivity index (χ0) is 24.7. The summed E-state index contributed by atoms with van der Waals surface area (Å²) in [5.74, 6) is -1.18. The second kappa shape index (κ2) is 8.54. The van der Waals surface area contributed by atoms with Crippen LogP contribution in [0.2, 0.25) is 0 Å². The summed E-state index contributed by atoms with van der Waals surface area (Å²) in [4.78, 5) is 39.4. The predicted molar refractivity (Wildman–Crippen MR) is 124 cm³/mol. The largest absolute Gasteiger partial charge is 0.467 e. The van der Waals surface area contributed by atoms with E-state index in [2.05, 4.69) is 10.0 Å². The first-order valence-electron chi connectivity index (χ1n) is 10.4. The van der Waals surface area contributed by atoms with Crippen LogP contribution in [0.5, 0.6) is 0 Å². The van der Waals surface area contributed by atoms with Gasteiger partial charge in [0.05, 0.1) is 29.6 Å². The number of furan rings is 1. The Morgan fingerprint density at radius 3 is 2.35 bits per heavy atom. The fourth-order valence-electron chi connectivity index (χ4n) is 3.59. The van der Waals surface area contributed by atoms with E-state index in [9.17, 15) is 22.8 Å². The highest BCUT2D eigenvalue weighted by molar-refractivity contribution is 7.89. The van der Waals surface area contributed by atoms with Gasteiger partial charge in [-0.1, -0.05) is 12.1 Å². The number of hydrogen-bond donors (Lipinski definition) is 2. The smallest absolute Gasteiger partial charge is 0.261 e. The number of benzene rings is 2. The first-order valence-corrected chi connectivity index (χ1v) is 11.9. The number of para-hydroxylation sites is 1. The summed E-state index contributed by atoms with van der Waals surface area (Å²) < 4.78 is 33.4. The van der Waals surface area contributed by atoms with Crippen molar-refractivity contribution in [2.24, 2.45) is 0 Å². The monoisotopic (exact) mass is 481 g/mol. The van der Waals surface area contributed by atoms with Crippen molar-refractivity contribution in [2.75, 3.05) is 5.32 Å². The lowest BCUT2D eigenvalue weighted by Gasteiger charge is -2.21. The van der Waals surface area contributed by atoms with Crippen LogP contribution in [0.3, 0.4) is 0 Å². The maximum Gasteiger partial charge on any atom is 0.261 e. The summed E-state index contributed by atoms with van der Waals surface area (Å²) in [6.45, 7) is 5.12. The second-order valence-corrected chi connectivity index (χ2v) is 10.5. The molecule has 10 heteroatoms. The molecule has 4 rings (SSSR count). The number of anilines is 1. The Morgan fingerprint density at radius 2 is 1.68 bits per heavy atom. The van der Waals surface area contributed by atoms with Crippen LogP contribution >= 0.6 is 0 Å². The number of nitrogens with zero attached hydrogens (tertiary/aromatic N) is 1. The molecule has 1 aliphatic heterocycles. The summed E-state index contributed by atoms with van der Waals surface area (Å²) in [6, 6.07) is 13.5. The molecule has 176 valence electrons. The number of imide groups is 1. The van der Waals surface area contributed by atoms with Crippen LogP contribution in [0.1, 0.15) is 57.6 Å². The molecule has 0 bridgehead atoms. The molecule has 34 heavy (non-hydrogen) atoms. The van der Waals surface area contributed by atoms with E-state index in [1.807, 2.05) is 0 Å². The lowest BCUT2D eigenvalue weighted by molar-refractivity contribution is 0.0631. The Kier molecular flexibility index (Phi) is 5.88. The van der Waals surface area contributed by atoms with E-state index < -0.39 is 33.3 Å². The third kappa shape index (κ3) is 4.63. The number of nitrogens with one attached hydrogen (secondary N) is 2. The molecule has 0 fully saturated rings. The highest BCUT2D eigenvalue weighted by atomic mass is 32.2. The molecule has 0 aliphatic carbocycles. The molecular weight excluding hydrogens is 458 g/mol. The van der Waals surface area contributed by atoms with Crippen molar-refractivity contribution in [1.82, 2.24) is 9.62 Å². The molecule has 2 heterocycles. The van der Waals surface area contributed by atoms with Crippen LogP contribution in [0.15, 0.2) is 70.2 Å². The SMILES string of the molecule is CC(C)(C)NS(=O)(=O)c1ccccc1NC(=O)c1ccc2c(c1)C(=O)N(Cc1ccco1)C2=O. The van der Waals surface area contributed by atoms with Crippen LogP contribution in [-0.4, -0.2) is 36.6 Å². The molecule has 0 saturated heterocycles. The fourth-order valence-corrected chi connectivity index (χ4v) is 5.17. The first kappa shape index (κ1) is 23.4. The van der Waals surface area contributed by atoms with Crippen LogP contribution < -0.4 is 10.0 Å². The Balaban J connectivity index is 1.59. The minimum Gasteiger partial charge on any atom is -0.467 e. The number of rotatable bonds is 6. The Morgan fingerprint density at radius 1 is 0.971 bits per heavy atom. The van der Waals surface area contributed by atoms with Crippen molar-refractivity contribution >= 4 is 33.4 Å². The van der Waals surface area contributed by atoms with Gasteiger partial charge in [-0.05, 0) is 63.2 Å². The summed E-state index contributed by atoms with van der Waals surface area (Å²) in [7, 11) is -3.91. The molecule has 2 aromatic carbocycles. The lowest BCUT2D eigenvalue weighted by Crippen LogP contribution is -2.40. The van der Waals surface area contributed by atoms with E-state index in [1.54, 1.807) is 45.0 Å². The van der Waals surface area contributed by atoms with Gasteiger partial charge in [0.1, 0.15) is 10.7 Å². The Hall–Kier alpha value is -3.76. The van der Waals surface area contributed by atoms with Crippen molar-refractivity contribution < 1.29 is 27.2 Å². The molecule has 1 aliphatic rings. The number of carbonyl (C=O) groups is 3. The van der Waals surface area contributed by atoms with Gasteiger partial charge < -0.3 is 9.73 Å². The molecule has 0 unspecified atom stereocenters. The van der Waals surface area contributed by atoms with Crippen molar-refractivity contribution in [3.63, 3.8) is 0 Å². The van der Waals surface area contributed by atoms with Gasteiger partial charge in [0.2, 0.25) is 10.0 Å². The molecule has 2 N–H and O–H groups in total. The van der Waals surface area contributed by atoms with Crippen molar-refractivity contribution in [3.8, 4) is 0 Å². The van der Waals surface area contributed by atoms with Crippen molar-refractivity contribution in [2.45, 2.75) is 37.8 Å². The van der Waals surface area contributed by atoms with E-state index in [-0.39, 0.29) is 33.8 Å². The molecule has 3 amide bonds. The summed E-state index contributed by atoms with van der Waals surface area (Å²) in [5.41, 5.74) is -0.239. The van der Waals surface area contributed by atoms with E-state index in [4.69, 9.17) is 4.42 Å². The van der Waals surface area contributed by atoms with Crippen LogP contribution in [0, 0.1) is 0 Å². The molecule has 3 aromatic rings. The van der Waals surface area contributed by atoms with E-state index in [0.29, 0.717) is 5.76 Å². The number of amides is 3. The molecule has 0 atom stereocenters. The van der Waals surface area contributed by atoms with Crippen LogP contribution in [0.4, 0.5) is 5.69 Å².